The zero-order valence-corrected chi connectivity index (χ0v) is 16.3. The molecule has 2 aromatic carbocycles. The molecule has 0 saturated carbocycles. The maximum atomic E-state index is 12.7. The van der Waals surface area contributed by atoms with E-state index in [0.717, 1.165) is 25.2 Å². The molecule has 1 saturated heterocycles. The van der Waals surface area contributed by atoms with Crippen molar-refractivity contribution >= 4 is 21.4 Å². The topological polar surface area (TPSA) is 58.6 Å². The fourth-order valence-corrected chi connectivity index (χ4v) is 4.77. The Morgan fingerprint density at radius 2 is 2.04 bits per heavy atom. The number of nitrogens with one attached hydrogen (secondary N) is 1. The normalized spacial score (nSPS) is 18.6. The summed E-state index contributed by atoms with van der Waals surface area (Å²) in [6.45, 7) is 2.82. The van der Waals surface area contributed by atoms with E-state index in [0.29, 0.717) is 22.2 Å². The van der Waals surface area contributed by atoms with Gasteiger partial charge in [0.2, 0.25) is 0 Å². The van der Waals surface area contributed by atoms with Gasteiger partial charge in [0, 0.05) is 37.2 Å². The van der Waals surface area contributed by atoms with Gasteiger partial charge in [-0.15, -0.1) is 0 Å². The van der Waals surface area contributed by atoms with Crippen molar-refractivity contribution in [3.8, 4) is 5.75 Å². The highest BCUT2D eigenvalue weighted by Gasteiger charge is 2.27. The molecule has 2 aromatic rings. The number of methoxy groups -OCH3 is 1. The average Bonchev–Trinajstić information content (AvgIpc) is 2.67. The summed E-state index contributed by atoms with van der Waals surface area (Å²) in [5.74, 6) is 0.600. The first-order valence-corrected chi connectivity index (χ1v) is 10.6. The van der Waals surface area contributed by atoms with Crippen molar-refractivity contribution in [3.05, 3.63) is 59.1 Å². The summed E-state index contributed by atoms with van der Waals surface area (Å²) < 4.78 is 30.6. The van der Waals surface area contributed by atoms with Crippen molar-refractivity contribution in [2.75, 3.05) is 39.0 Å². The van der Waals surface area contributed by atoms with Crippen LogP contribution < -0.4 is 10.1 Å². The predicted octanol–water partition coefficient (Wildman–Crippen LogP) is 2.77. The second kappa shape index (κ2) is 8.39. The molecule has 5 nitrogen and oxygen atoms in total. The van der Waals surface area contributed by atoms with Crippen molar-refractivity contribution in [2.45, 2.75) is 10.9 Å². The maximum Gasteiger partial charge on any atom is 0.179 e. The quantitative estimate of drug-likeness (QED) is 0.816. The second-order valence-electron chi connectivity index (χ2n) is 6.28. The molecule has 1 N–H and O–H groups in total. The molecule has 1 aliphatic heterocycles. The van der Waals surface area contributed by atoms with E-state index in [4.69, 9.17) is 16.3 Å². The molecule has 140 valence electrons. The average molecular weight is 395 g/mol. The van der Waals surface area contributed by atoms with Crippen LogP contribution in [0.25, 0.3) is 0 Å². The Hall–Kier alpha value is -1.60. The lowest BCUT2D eigenvalue weighted by molar-refractivity contribution is 0.172. The van der Waals surface area contributed by atoms with Gasteiger partial charge in [-0.2, -0.15) is 0 Å². The molecule has 1 aliphatic rings. The van der Waals surface area contributed by atoms with Crippen LogP contribution in [0.4, 0.5) is 0 Å². The fraction of sp³-hybridized carbons (Fsp3) is 0.368. The first-order chi connectivity index (χ1) is 12.5. The molecule has 7 heteroatoms. The van der Waals surface area contributed by atoms with Gasteiger partial charge in [0.05, 0.1) is 17.8 Å². The third-order valence-electron chi connectivity index (χ3n) is 4.67. The Balaban J connectivity index is 1.75. The number of halogens is 1. The molecular weight excluding hydrogens is 372 g/mol. The zero-order valence-electron chi connectivity index (χ0n) is 14.7. The zero-order chi connectivity index (χ0) is 18.6. The summed E-state index contributed by atoms with van der Waals surface area (Å²) >= 11 is 6.36. The Morgan fingerprint density at radius 1 is 1.23 bits per heavy atom. The lowest BCUT2D eigenvalue weighted by Crippen LogP contribution is -2.47. The highest BCUT2D eigenvalue weighted by Crippen LogP contribution is 2.28. The lowest BCUT2D eigenvalue weighted by atomic mass is 10.0. The van der Waals surface area contributed by atoms with E-state index in [9.17, 15) is 8.42 Å². The predicted molar refractivity (Wildman–Crippen MR) is 104 cm³/mol. The number of hydrogen-bond acceptors (Lipinski definition) is 5. The van der Waals surface area contributed by atoms with Crippen LogP contribution in [0, 0.1) is 0 Å². The van der Waals surface area contributed by atoms with Crippen LogP contribution in [0.3, 0.4) is 0 Å². The standard InChI is InChI=1S/C19H23ClN2O3S/c1-25-15-5-4-6-16(13-15)26(23,24)12-11-22-10-9-21-14-19(22)17-7-2-3-8-18(17)20/h2-8,13,19,21H,9-12,14H2,1H3. The molecule has 0 spiro atoms. The maximum absolute atomic E-state index is 12.7. The number of piperazine rings is 1. The molecule has 0 bridgehead atoms. The van der Waals surface area contributed by atoms with Crippen molar-refractivity contribution in [2.24, 2.45) is 0 Å². The molecule has 0 aromatic heterocycles. The van der Waals surface area contributed by atoms with Gasteiger partial charge in [-0.1, -0.05) is 35.9 Å². The molecule has 0 radical (unpaired) electrons. The molecule has 3 rings (SSSR count). The number of hydrogen-bond donors (Lipinski definition) is 1. The van der Waals surface area contributed by atoms with Gasteiger partial charge >= 0.3 is 0 Å². The Bertz CT molecular complexity index is 857. The van der Waals surface area contributed by atoms with Crippen LogP contribution in [0.2, 0.25) is 5.02 Å². The van der Waals surface area contributed by atoms with Gasteiger partial charge in [0.15, 0.2) is 9.84 Å². The highest BCUT2D eigenvalue weighted by atomic mass is 35.5. The minimum atomic E-state index is -3.38. The van der Waals surface area contributed by atoms with E-state index < -0.39 is 9.84 Å². The summed E-state index contributed by atoms with van der Waals surface area (Å²) in [4.78, 5) is 2.48. The van der Waals surface area contributed by atoms with Crippen LogP contribution in [0.15, 0.2) is 53.4 Å². The SMILES string of the molecule is COc1cccc(S(=O)(=O)CCN2CCNCC2c2ccccc2Cl)c1. The summed E-state index contributed by atoms with van der Waals surface area (Å²) in [5.41, 5.74) is 1.03. The first kappa shape index (κ1) is 19.2. The number of ether oxygens (including phenoxy) is 1. The van der Waals surface area contributed by atoms with E-state index in [-0.39, 0.29) is 11.8 Å². The molecule has 0 amide bonds. The number of rotatable bonds is 6. The summed E-state index contributed by atoms with van der Waals surface area (Å²) in [5, 5.41) is 4.08. The minimum Gasteiger partial charge on any atom is -0.497 e. The molecule has 1 heterocycles. The third-order valence-corrected chi connectivity index (χ3v) is 6.70. The molecular formula is C19H23ClN2O3S. The third kappa shape index (κ3) is 4.38. The first-order valence-electron chi connectivity index (χ1n) is 8.57. The van der Waals surface area contributed by atoms with Gasteiger partial charge in [-0.3, -0.25) is 4.90 Å². The molecule has 26 heavy (non-hydrogen) atoms. The van der Waals surface area contributed by atoms with Gasteiger partial charge < -0.3 is 10.1 Å². The highest BCUT2D eigenvalue weighted by molar-refractivity contribution is 7.91. The summed E-state index contributed by atoms with van der Waals surface area (Å²) in [6, 6.07) is 14.4. The van der Waals surface area contributed by atoms with Crippen LogP contribution in [-0.2, 0) is 9.84 Å². The number of nitrogens with zero attached hydrogens (tertiary/aromatic N) is 1. The summed E-state index contributed by atoms with van der Waals surface area (Å²) in [6.07, 6.45) is 0. The Morgan fingerprint density at radius 3 is 2.81 bits per heavy atom. The fourth-order valence-electron chi connectivity index (χ4n) is 3.22. The molecule has 1 unspecified atom stereocenters. The van der Waals surface area contributed by atoms with Crippen LogP contribution in [-0.4, -0.2) is 52.4 Å². The van der Waals surface area contributed by atoms with Gasteiger partial charge in [-0.05, 0) is 29.8 Å². The minimum absolute atomic E-state index is 0.0567. The molecule has 1 fully saturated rings. The van der Waals surface area contributed by atoms with E-state index in [1.165, 1.54) is 7.11 Å². The Labute approximate surface area is 159 Å². The van der Waals surface area contributed by atoms with Crippen LogP contribution in [0.1, 0.15) is 11.6 Å². The van der Waals surface area contributed by atoms with Crippen LogP contribution in [0.5, 0.6) is 5.75 Å². The van der Waals surface area contributed by atoms with E-state index in [1.54, 1.807) is 24.3 Å². The second-order valence-corrected chi connectivity index (χ2v) is 8.79. The van der Waals surface area contributed by atoms with E-state index in [1.807, 2.05) is 24.3 Å². The van der Waals surface area contributed by atoms with Gasteiger partial charge in [0.25, 0.3) is 0 Å². The van der Waals surface area contributed by atoms with Crippen molar-refractivity contribution in [1.82, 2.24) is 10.2 Å². The van der Waals surface area contributed by atoms with Crippen molar-refractivity contribution in [1.29, 1.82) is 0 Å². The van der Waals surface area contributed by atoms with E-state index >= 15 is 0 Å². The molecule has 0 aliphatic carbocycles. The molecule has 1 atom stereocenters. The van der Waals surface area contributed by atoms with Crippen molar-refractivity contribution < 1.29 is 13.2 Å². The Kier molecular flexibility index (Phi) is 6.19. The monoisotopic (exact) mass is 394 g/mol. The largest absolute Gasteiger partial charge is 0.497 e. The summed E-state index contributed by atoms with van der Waals surface area (Å²) in [7, 11) is -1.85. The lowest BCUT2D eigenvalue weighted by Gasteiger charge is -2.36. The van der Waals surface area contributed by atoms with Gasteiger partial charge in [-0.25, -0.2) is 8.42 Å². The number of sulfone groups is 1. The number of benzene rings is 2. The van der Waals surface area contributed by atoms with Crippen LogP contribution >= 0.6 is 11.6 Å². The van der Waals surface area contributed by atoms with Gasteiger partial charge in [0.1, 0.15) is 5.75 Å². The smallest absolute Gasteiger partial charge is 0.179 e. The van der Waals surface area contributed by atoms with E-state index in [2.05, 4.69) is 10.2 Å². The van der Waals surface area contributed by atoms with Crippen molar-refractivity contribution in [3.63, 3.8) is 0 Å².